The molecule has 31 heavy (non-hydrogen) atoms. The topological polar surface area (TPSA) is 60.1 Å². The normalized spacial score (nSPS) is 11.5. The molecule has 0 fully saturated rings. The van der Waals surface area contributed by atoms with Gasteiger partial charge < -0.3 is 15.6 Å². The lowest BCUT2D eigenvalue weighted by atomic mass is 9.69. The molecule has 4 heteroatoms. The molecule has 0 aliphatic heterocycles. The molecule has 1 aromatic heterocycles. The lowest BCUT2D eigenvalue weighted by Gasteiger charge is -2.31. The zero-order chi connectivity index (χ0) is 21.9. The Morgan fingerprint density at radius 2 is 1.35 bits per heavy atom. The number of hydrogen-bond acceptors (Lipinski definition) is 2. The molecular weight excluding hydrogens is 382 g/mol. The van der Waals surface area contributed by atoms with E-state index in [1.807, 2.05) is 73.8 Å². The molecule has 3 aromatic rings. The molecule has 164 valence electrons. The first kappa shape index (κ1) is 22.8. The van der Waals surface area contributed by atoms with Crippen molar-refractivity contribution >= 4 is 5.91 Å². The summed E-state index contributed by atoms with van der Waals surface area (Å²) in [7, 11) is 2.01. The van der Waals surface area contributed by atoms with Crippen LogP contribution in [0.15, 0.2) is 79.1 Å². The van der Waals surface area contributed by atoms with E-state index in [9.17, 15) is 4.79 Å². The molecule has 0 unspecified atom stereocenters. The summed E-state index contributed by atoms with van der Waals surface area (Å²) < 4.78 is 2.19. The van der Waals surface area contributed by atoms with E-state index in [1.165, 1.54) is 32.1 Å². The average molecular weight is 418 g/mol. The number of amides is 1. The quantitative estimate of drug-likeness (QED) is 0.390. The van der Waals surface area contributed by atoms with Crippen LogP contribution in [0.4, 0.5) is 0 Å². The molecule has 0 saturated carbocycles. The Bertz CT molecular complexity index is 878. The molecule has 0 atom stereocenters. The van der Waals surface area contributed by atoms with E-state index in [2.05, 4.69) is 22.3 Å². The number of carbonyl (C=O) groups is 1. The third-order valence-corrected chi connectivity index (χ3v) is 6.06. The number of carbonyl (C=O) groups excluding carboxylic acids is 1. The zero-order valence-electron chi connectivity index (χ0n) is 18.6. The Balaban J connectivity index is 1.76. The Labute approximate surface area is 186 Å². The van der Waals surface area contributed by atoms with E-state index in [0.29, 0.717) is 0 Å². The Morgan fingerprint density at radius 3 is 1.90 bits per heavy atom. The molecule has 0 spiro atoms. The number of aryl methyl sites for hydroxylation is 1. The minimum atomic E-state index is -0.999. The highest BCUT2D eigenvalue weighted by Gasteiger charge is 2.42. The van der Waals surface area contributed by atoms with Crippen LogP contribution in [0.2, 0.25) is 0 Å². The number of hydrogen-bond donors (Lipinski definition) is 2. The molecule has 0 saturated heterocycles. The summed E-state index contributed by atoms with van der Waals surface area (Å²) in [5.74, 6) is -0.357. The van der Waals surface area contributed by atoms with Crippen LogP contribution < -0.4 is 11.1 Å². The van der Waals surface area contributed by atoms with Gasteiger partial charge in [-0.15, -0.1) is 0 Å². The highest BCUT2D eigenvalue weighted by molar-refractivity contribution is 5.94. The van der Waals surface area contributed by atoms with Gasteiger partial charge in [-0.1, -0.05) is 86.3 Å². The van der Waals surface area contributed by atoms with Crippen LogP contribution >= 0.6 is 0 Å². The van der Waals surface area contributed by atoms with Gasteiger partial charge in [-0.3, -0.25) is 4.79 Å². The van der Waals surface area contributed by atoms with Gasteiger partial charge in [0.15, 0.2) is 0 Å². The lowest BCUT2D eigenvalue weighted by molar-refractivity contribution is -0.120. The van der Waals surface area contributed by atoms with E-state index in [4.69, 9.17) is 5.73 Å². The standard InChI is InChI=1S/C27H35N3O/c1-29-19-12-4-2-3-5-13-20-30-21-18-25(22-30)27(26(28)31,23-14-8-6-9-15-23)24-16-10-7-11-17-24/h6-11,14-18,21-22,29H,2-5,12-13,19-20H2,1H3,(H2,28,31). The second-order valence-electron chi connectivity index (χ2n) is 8.21. The number of aromatic nitrogens is 1. The fraction of sp³-hybridized carbons (Fsp3) is 0.370. The van der Waals surface area contributed by atoms with E-state index < -0.39 is 5.41 Å². The van der Waals surface area contributed by atoms with Crippen molar-refractivity contribution in [1.82, 2.24) is 9.88 Å². The monoisotopic (exact) mass is 417 g/mol. The van der Waals surface area contributed by atoms with Crippen LogP contribution in [0.5, 0.6) is 0 Å². The smallest absolute Gasteiger partial charge is 0.237 e. The number of nitrogens with zero attached hydrogens (tertiary/aromatic N) is 1. The molecule has 1 amide bonds. The first-order valence-electron chi connectivity index (χ1n) is 11.4. The van der Waals surface area contributed by atoms with Crippen molar-refractivity contribution in [3.8, 4) is 0 Å². The van der Waals surface area contributed by atoms with Crippen LogP contribution in [0.3, 0.4) is 0 Å². The van der Waals surface area contributed by atoms with Gasteiger partial charge in [0.05, 0.1) is 0 Å². The van der Waals surface area contributed by atoms with E-state index in [-0.39, 0.29) is 5.91 Å². The van der Waals surface area contributed by atoms with Crippen molar-refractivity contribution in [1.29, 1.82) is 0 Å². The van der Waals surface area contributed by atoms with Gasteiger partial charge in [-0.2, -0.15) is 0 Å². The molecular formula is C27H35N3O. The number of primary amides is 1. The Hall–Kier alpha value is -2.85. The lowest BCUT2D eigenvalue weighted by Crippen LogP contribution is -2.43. The van der Waals surface area contributed by atoms with Gasteiger partial charge in [0.25, 0.3) is 0 Å². The van der Waals surface area contributed by atoms with Gasteiger partial charge >= 0.3 is 0 Å². The molecule has 3 N–H and O–H groups in total. The van der Waals surface area contributed by atoms with E-state index >= 15 is 0 Å². The number of nitrogens with one attached hydrogen (secondary N) is 1. The molecule has 2 aromatic carbocycles. The Morgan fingerprint density at radius 1 is 0.806 bits per heavy atom. The van der Waals surface area contributed by atoms with Crippen molar-refractivity contribution in [3.63, 3.8) is 0 Å². The summed E-state index contributed by atoms with van der Waals surface area (Å²) in [4.78, 5) is 13.0. The van der Waals surface area contributed by atoms with E-state index in [0.717, 1.165) is 36.2 Å². The minimum Gasteiger partial charge on any atom is -0.368 e. The summed E-state index contributed by atoms with van der Waals surface area (Å²) in [6, 6.07) is 21.8. The summed E-state index contributed by atoms with van der Waals surface area (Å²) in [6.07, 6.45) is 11.7. The third-order valence-electron chi connectivity index (χ3n) is 6.06. The molecule has 0 bridgehead atoms. The molecule has 0 aliphatic carbocycles. The maximum Gasteiger partial charge on any atom is 0.237 e. The number of benzene rings is 2. The van der Waals surface area contributed by atoms with Gasteiger partial charge in [0.1, 0.15) is 5.41 Å². The fourth-order valence-corrected chi connectivity index (χ4v) is 4.41. The van der Waals surface area contributed by atoms with Crippen molar-refractivity contribution in [2.24, 2.45) is 5.73 Å². The molecule has 0 aliphatic rings. The van der Waals surface area contributed by atoms with Crippen molar-refractivity contribution in [3.05, 3.63) is 95.8 Å². The highest BCUT2D eigenvalue weighted by atomic mass is 16.1. The molecule has 1 heterocycles. The van der Waals surface area contributed by atoms with Gasteiger partial charge in [-0.05, 0) is 49.2 Å². The van der Waals surface area contributed by atoms with Crippen LogP contribution in [-0.2, 0) is 16.8 Å². The van der Waals surface area contributed by atoms with Gasteiger partial charge in [-0.25, -0.2) is 0 Å². The number of rotatable bonds is 13. The van der Waals surface area contributed by atoms with Crippen LogP contribution in [0, 0.1) is 0 Å². The summed E-state index contributed by atoms with van der Waals surface area (Å²) >= 11 is 0. The van der Waals surface area contributed by atoms with Gasteiger partial charge in [0.2, 0.25) is 5.91 Å². The molecule has 3 rings (SSSR count). The fourth-order valence-electron chi connectivity index (χ4n) is 4.41. The first-order chi connectivity index (χ1) is 15.2. The summed E-state index contributed by atoms with van der Waals surface area (Å²) in [5, 5.41) is 3.20. The third kappa shape index (κ3) is 5.45. The largest absolute Gasteiger partial charge is 0.368 e. The van der Waals surface area contributed by atoms with Crippen LogP contribution in [0.1, 0.15) is 55.2 Å². The predicted molar refractivity (Wildman–Crippen MR) is 128 cm³/mol. The molecule has 4 nitrogen and oxygen atoms in total. The second-order valence-corrected chi connectivity index (χ2v) is 8.21. The summed E-state index contributed by atoms with van der Waals surface area (Å²) in [6.45, 7) is 2.06. The average Bonchev–Trinajstić information content (AvgIpc) is 3.26. The number of nitrogens with two attached hydrogens (primary N) is 1. The maximum absolute atomic E-state index is 13.0. The van der Waals surface area contributed by atoms with Crippen molar-refractivity contribution < 1.29 is 4.79 Å². The predicted octanol–water partition coefficient (Wildman–Crippen LogP) is 4.87. The van der Waals surface area contributed by atoms with E-state index in [1.54, 1.807) is 0 Å². The molecule has 0 radical (unpaired) electrons. The summed E-state index contributed by atoms with van der Waals surface area (Å²) in [5.41, 5.74) is 7.83. The minimum absolute atomic E-state index is 0.357. The highest BCUT2D eigenvalue weighted by Crippen LogP contribution is 2.39. The second kappa shape index (κ2) is 11.5. The van der Waals surface area contributed by atoms with Crippen LogP contribution in [0.25, 0.3) is 0 Å². The van der Waals surface area contributed by atoms with Crippen molar-refractivity contribution in [2.45, 2.75) is 50.5 Å². The maximum atomic E-state index is 13.0. The van der Waals surface area contributed by atoms with Crippen LogP contribution in [-0.4, -0.2) is 24.1 Å². The SMILES string of the molecule is CNCCCCCCCCn1ccc(C(C(N)=O)(c2ccccc2)c2ccccc2)c1. The number of unbranched alkanes of at least 4 members (excludes halogenated alkanes) is 5. The first-order valence-corrected chi connectivity index (χ1v) is 11.4. The van der Waals surface area contributed by atoms with Crippen molar-refractivity contribution in [2.75, 3.05) is 13.6 Å². The van der Waals surface area contributed by atoms with Gasteiger partial charge in [0, 0.05) is 18.9 Å². The zero-order valence-corrected chi connectivity index (χ0v) is 18.6. The Kier molecular flexibility index (Phi) is 8.48.